The first-order valence-electron chi connectivity index (χ1n) is 6.78. The number of anilines is 2. The van der Waals surface area contributed by atoms with Crippen LogP contribution < -0.4 is 10.5 Å². The third kappa shape index (κ3) is 2.43. The van der Waals surface area contributed by atoms with Gasteiger partial charge in [0, 0.05) is 0 Å². The van der Waals surface area contributed by atoms with Crippen molar-refractivity contribution in [1.82, 2.24) is 9.97 Å². The lowest BCUT2D eigenvalue weighted by Crippen LogP contribution is -2.15. The summed E-state index contributed by atoms with van der Waals surface area (Å²) in [6, 6.07) is 3.70. The van der Waals surface area contributed by atoms with Crippen LogP contribution in [0.4, 0.5) is 11.6 Å². The molecule has 1 aliphatic carbocycles. The molecule has 0 amide bonds. The van der Waals surface area contributed by atoms with Crippen LogP contribution in [0.2, 0.25) is 0 Å². The highest BCUT2D eigenvalue weighted by Crippen LogP contribution is 2.35. The van der Waals surface area contributed by atoms with E-state index in [0.717, 1.165) is 23.1 Å². The van der Waals surface area contributed by atoms with E-state index in [1.165, 1.54) is 18.0 Å². The van der Waals surface area contributed by atoms with E-state index in [2.05, 4.69) is 20.8 Å². The Hall–Kier alpha value is -2.41. The lowest BCUT2D eigenvalue weighted by molar-refractivity contribution is 0.600. The third-order valence-electron chi connectivity index (χ3n) is 3.73. The molecule has 1 heterocycles. The average molecular weight is 316 g/mol. The van der Waals surface area contributed by atoms with E-state index in [1.807, 2.05) is 19.9 Å². The second-order valence-electron chi connectivity index (χ2n) is 5.26. The first-order chi connectivity index (χ1) is 10.4. The average Bonchev–Trinajstić information content (AvgIpc) is 2.86. The largest absolute Gasteiger partial charge is 0.368 e. The molecule has 0 aliphatic heterocycles. The van der Waals surface area contributed by atoms with Crippen molar-refractivity contribution in [2.24, 2.45) is 0 Å². The van der Waals surface area contributed by atoms with E-state index in [-0.39, 0.29) is 10.8 Å². The molecule has 0 unspecified atom stereocenters. The molecule has 0 atom stereocenters. The quantitative estimate of drug-likeness (QED) is 0.904. The molecule has 114 valence electrons. The first-order valence-corrected chi connectivity index (χ1v) is 8.27. The zero-order valence-electron chi connectivity index (χ0n) is 12.3. The smallest absolute Gasteiger partial charge is 0.264 e. The summed E-state index contributed by atoms with van der Waals surface area (Å²) < 4.78 is 27.5. The summed E-state index contributed by atoms with van der Waals surface area (Å²) in [6.45, 7) is 4.05. The van der Waals surface area contributed by atoms with Gasteiger partial charge < -0.3 is 5.73 Å². The predicted molar refractivity (Wildman–Crippen MR) is 85.8 cm³/mol. The van der Waals surface area contributed by atoms with Crippen molar-refractivity contribution >= 4 is 27.2 Å². The SMILES string of the molecule is CC1=CCc2c(NS(=O)(=O)c3cnc(N)nc3)ccc(C)c21. The van der Waals surface area contributed by atoms with Crippen molar-refractivity contribution < 1.29 is 8.42 Å². The van der Waals surface area contributed by atoms with Gasteiger partial charge in [-0.3, -0.25) is 4.72 Å². The summed E-state index contributed by atoms with van der Waals surface area (Å²) in [5, 5.41) is 0. The summed E-state index contributed by atoms with van der Waals surface area (Å²) in [4.78, 5) is 7.43. The molecular weight excluding hydrogens is 300 g/mol. The number of benzene rings is 1. The Labute approximate surface area is 129 Å². The fraction of sp³-hybridized carbons (Fsp3) is 0.200. The molecular formula is C15H16N4O2S. The Balaban J connectivity index is 1.99. The molecule has 1 aromatic carbocycles. The van der Waals surface area contributed by atoms with E-state index in [9.17, 15) is 8.42 Å². The maximum Gasteiger partial charge on any atom is 0.264 e. The topological polar surface area (TPSA) is 98.0 Å². The number of sulfonamides is 1. The highest BCUT2D eigenvalue weighted by atomic mass is 32.2. The minimum atomic E-state index is -3.74. The van der Waals surface area contributed by atoms with Crippen LogP contribution in [0.25, 0.3) is 5.57 Å². The van der Waals surface area contributed by atoms with E-state index >= 15 is 0 Å². The number of nitrogens with zero attached hydrogens (tertiary/aromatic N) is 2. The minimum absolute atomic E-state index is 0.0151. The monoisotopic (exact) mass is 316 g/mol. The van der Waals surface area contributed by atoms with Gasteiger partial charge in [0.2, 0.25) is 5.95 Å². The molecule has 7 heteroatoms. The first kappa shape index (κ1) is 14.5. The normalized spacial score (nSPS) is 13.6. The van der Waals surface area contributed by atoms with Gasteiger partial charge in [-0.05, 0) is 48.6 Å². The molecule has 0 fully saturated rings. The summed E-state index contributed by atoms with van der Waals surface area (Å²) in [5.74, 6) is 0.0370. The number of nitrogen functional groups attached to an aromatic ring is 1. The molecule has 3 rings (SSSR count). The number of nitrogens with one attached hydrogen (secondary N) is 1. The molecule has 0 spiro atoms. The van der Waals surface area contributed by atoms with E-state index in [1.54, 1.807) is 6.07 Å². The van der Waals surface area contributed by atoms with Gasteiger partial charge in [0.1, 0.15) is 4.90 Å². The van der Waals surface area contributed by atoms with Crippen molar-refractivity contribution in [2.45, 2.75) is 25.2 Å². The molecule has 2 aromatic rings. The zero-order valence-corrected chi connectivity index (χ0v) is 13.1. The second-order valence-corrected chi connectivity index (χ2v) is 6.94. The van der Waals surface area contributed by atoms with Gasteiger partial charge in [-0.15, -0.1) is 0 Å². The summed E-state index contributed by atoms with van der Waals surface area (Å²) in [5.41, 5.74) is 10.4. The lowest BCUT2D eigenvalue weighted by Gasteiger charge is -2.14. The third-order valence-corrected chi connectivity index (χ3v) is 5.05. The molecule has 0 radical (unpaired) electrons. The van der Waals surface area contributed by atoms with Crippen LogP contribution in [0.3, 0.4) is 0 Å². The van der Waals surface area contributed by atoms with Gasteiger partial charge in [0.05, 0.1) is 18.1 Å². The number of aryl methyl sites for hydroxylation is 1. The number of hydrogen-bond acceptors (Lipinski definition) is 5. The number of fused-ring (bicyclic) bond motifs is 1. The Morgan fingerprint density at radius 2 is 1.86 bits per heavy atom. The zero-order chi connectivity index (χ0) is 15.9. The Morgan fingerprint density at radius 1 is 1.18 bits per heavy atom. The highest BCUT2D eigenvalue weighted by molar-refractivity contribution is 7.92. The Morgan fingerprint density at radius 3 is 2.55 bits per heavy atom. The maximum atomic E-state index is 12.4. The predicted octanol–water partition coefficient (Wildman–Crippen LogP) is 2.13. The molecule has 1 aliphatic rings. The molecule has 22 heavy (non-hydrogen) atoms. The number of nitrogens with two attached hydrogens (primary N) is 1. The van der Waals surface area contributed by atoms with Crippen molar-refractivity contribution in [3.05, 3.63) is 47.3 Å². The summed E-state index contributed by atoms with van der Waals surface area (Å²) >= 11 is 0. The van der Waals surface area contributed by atoms with Crippen LogP contribution in [0, 0.1) is 6.92 Å². The number of rotatable bonds is 3. The molecule has 0 saturated carbocycles. The van der Waals surface area contributed by atoms with Crippen LogP contribution in [0.5, 0.6) is 0 Å². The number of hydrogen-bond donors (Lipinski definition) is 2. The van der Waals surface area contributed by atoms with Crippen LogP contribution in [-0.4, -0.2) is 18.4 Å². The van der Waals surface area contributed by atoms with Crippen molar-refractivity contribution in [3.8, 4) is 0 Å². The fourth-order valence-electron chi connectivity index (χ4n) is 2.65. The van der Waals surface area contributed by atoms with E-state index in [4.69, 9.17) is 5.73 Å². The van der Waals surface area contributed by atoms with E-state index in [0.29, 0.717) is 5.69 Å². The van der Waals surface area contributed by atoms with Crippen LogP contribution >= 0.6 is 0 Å². The Bertz CT molecular complexity index is 871. The summed E-state index contributed by atoms with van der Waals surface area (Å²) in [7, 11) is -3.74. The number of aromatic nitrogens is 2. The maximum absolute atomic E-state index is 12.4. The van der Waals surface area contributed by atoms with Gasteiger partial charge in [-0.2, -0.15) is 0 Å². The standard InChI is InChI=1S/C15H16N4O2S/c1-9-3-5-12-13(6-4-10(2)14(9)12)19-22(20,21)11-7-17-15(16)18-8-11/h3-4,6-8,19H,5H2,1-2H3,(H2,16,17,18). The molecule has 0 bridgehead atoms. The molecule has 0 saturated heterocycles. The van der Waals surface area contributed by atoms with Gasteiger partial charge >= 0.3 is 0 Å². The molecule has 3 N–H and O–H groups in total. The minimum Gasteiger partial charge on any atom is -0.368 e. The van der Waals surface area contributed by atoms with Crippen LogP contribution in [0.15, 0.2) is 35.5 Å². The van der Waals surface area contributed by atoms with Gasteiger partial charge in [0.25, 0.3) is 10.0 Å². The van der Waals surface area contributed by atoms with Crippen molar-refractivity contribution in [1.29, 1.82) is 0 Å². The van der Waals surface area contributed by atoms with E-state index < -0.39 is 10.0 Å². The van der Waals surface area contributed by atoms with Gasteiger partial charge in [-0.1, -0.05) is 12.1 Å². The second kappa shape index (κ2) is 5.10. The molecule has 6 nitrogen and oxygen atoms in total. The summed E-state index contributed by atoms with van der Waals surface area (Å²) in [6.07, 6.45) is 5.21. The van der Waals surface area contributed by atoms with Gasteiger partial charge in [-0.25, -0.2) is 18.4 Å². The highest BCUT2D eigenvalue weighted by Gasteiger charge is 2.21. The van der Waals surface area contributed by atoms with Crippen molar-refractivity contribution in [3.63, 3.8) is 0 Å². The van der Waals surface area contributed by atoms with Crippen molar-refractivity contribution in [2.75, 3.05) is 10.5 Å². The van der Waals surface area contributed by atoms with Crippen LogP contribution in [0.1, 0.15) is 23.6 Å². The number of allylic oxidation sites excluding steroid dienone is 2. The molecule has 1 aromatic heterocycles. The Kier molecular flexibility index (Phi) is 3.37. The lowest BCUT2D eigenvalue weighted by atomic mass is 9.99. The fourth-order valence-corrected chi connectivity index (χ4v) is 3.63. The van der Waals surface area contributed by atoms with Crippen LogP contribution in [-0.2, 0) is 16.4 Å². The van der Waals surface area contributed by atoms with Gasteiger partial charge in [0.15, 0.2) is 0 Å².